The van der Waals surface area contributed by atoms with Gasteiger partial charge in [-0.3, -0.25) is 4.79 Å². The predicted molar refractivity (Wildman–Crippen MR) is 70.1 cm³/mol. The third-order valence-corrected chi connectivity index (χ3v) is 2.70. The van der Waals surface area contributed by atoms with E-state index in [1.54, 1.807) is 0 Å². The zero-order valence-corrected chi connectivity index (χ0v) is 11.0. The summed E-state index contributed by atoms with van der Waals surface area (Å²) < 4.78 is 0. The predicted octanol–water partition coefficient (Wildman–Crippen LogP) is 2.51. The van der Waals surface area contributed by atoms with Gasteiger partial charge in [0.1, 0.15) is 0 Å². The molecule has 0 saturated heterocycles. The molecule has 1 aromatic carbocycles. The van der Waals surface area contributed by atoms with Crippen molar-refractivity contribution in [2.45, 2.75) is 34.1 Å². The number of carbonyl (C=O) groups excluding carboxylic acids is 1. The smallest absolute Gasteiger partial charge is 0.229 e. The van der Waals surface area contributed by atoms with Crippen molar-refractivity contribution in [1.82, 2.24) is 0 Å². The van der Waals surface area contributed by atoms with Gasteiger partial charge >= 0.3 is 0 Å². The van der Waals surface area contributed by atoms with Crippen LogP contribution in [0.25, 0.3) is 0 Å². The molecule has 2 N–H and O–H groups in total. The first-order valence-corrected chi connectivity index (χ1v) is 5.87. The van der Waals surface area contributed by atoms with Crippen LogP contribution in [0.1, 0.15) is 31.9 Å². The molecule has 0 radical (unpaired) electrons. The number of benzene rings is 1. The number of hydrogen-bond donors (Lipinski definition) is 2. The maximum Gasteiger partial charge on any atom is 0.229 e. The maximum atomic E-state index is 11.9. The Morgan fingerprint density at radius 1 is 1.35 bits per heavy atom. The quantitative estimate of drug-likeness (QED) is 0.845. The minimum atomic E-state index is -0.416. The molecule has 0 aliphatic carbocycles. The fourth-order valence-corrected chi connectivity index (χ4v) is 1.57. The fourth-order valence-electron chi connectivity index (χ4n) is 1.57. The van der Waals surface area contributed by atoms with Gasteiger partial charge in [-0.05, 0) is 30.5 Å². The molecule has 94 valence electrons. The number of aliphatic hydroxyl groups excluding tert-OH is 1. The normalized spacial score (nSPS) is 11.4. The van der Waals surface area contributed by atoms with Crippen molar-refractivity contribution in [2.75, 3.05) is 11.9 Å². The first-order valence-electron chi connectivity index (χ1n) is 5.87. The van der Waals surface area contributed by atoms with E-state index in [2.05, 4.69) is 5.32 Å². The lowest BCUT2D eigenvalue weighted by atomic mass is 9.95. The first kappa shape index (κ1) is 13.7. The molecular formula is C14H21NO2. The van der Waals surface area contributed by atoms with Gasteiger partial charge in [0.25, 0.3) is 0 Å². The highest BCUT2D eigenvalue weighted by Gasteiger charge is 2.22. The van der Waals surface area contributed by atoms with Crippen molar-refractivity contribution in [1.29, 1.82) is 0 Å². The van der Waals surface area contributed by atoms with Crippen LogP contribution in [0.15, 0.2) is 18.2 Å². The third kappa shape index (κ3) is 3.56. The number of anilines is 1. The number of hydrogen-bond acceptors (Lipinski definition) is 2. The lowest BCUT2D eigenvalue weighted by Gasteiger charge is -2.20. The molecule has 0 aromatic heterocycles. The summed E-state index contributed by atoms with van der Waals surface area (Å²) in [5.74, 6) is -0.0118. The van der Waals surface area contributed by atoms with E-state index in [1.165, 1.54) is 0 Å². The topological polar surface area (TPSA) is 49.3 Å². The molecule has 0 spiro atoms. The van der Waals surface area contributed by atoms with Gasteiger partial charge in [0.2, 0.25) is 5.91 Å². The summed E-state index contributed by atoms with van der Waals surface area (Å²) in [7, 11) is 0. The zero-order valence-electron chi connectivity index (χ0n) is 11.0. The van der Waals surface area contributed by atoms with E-state index in [0.29, 0.717) is 6.42 Å². The summed E-state index contributed by atoms with van der Waals surface area (Å²) in [6.45, 7) is 7.71. The molecule has 1 aromatic rings. The second-order valence-corrected chi connectivity index (χ2v) is 5.28. The Morgan fingerprint density at radius 2 is 2.00 bits per heavy atom. The van der Waals surface area contributed by atoms with E-state index in [1.807, 2.05) is 45.9 Å². The summed E-state index contributed by atoms with van der Waals surface area (Å²) in [5.41, 5.74) is 2.48. The van der Waals surface area contributed by atoms with E-state index in [9.17, 15) is 4.79 Å². The number of amides is 1. The van der Waals surface area contributed by atoms with E-state index < -0.39 is 5.41 Å². The molecule has 17 heavy (non-hydrogen) atoms. The van der Waals surface area contributed by atoms with Crippen LogP contribution in [0.4, 0.5) is 5.69 Å². The molecule has 1 rings (SSSR count). The van der Waals surface area contributed by atoms with Crippen LogP contribution >= 0.6 is 0 Å². The molecule has 0 bridgehead atoms. The molecule has 1 amide bonds. The van der Waals surface area contributed by atoms with Gasteiger partial charge in [-0.2, -0.15) is 0 Å². The highest BCUT2D eigenvalue weighted by molar-refractivity contribution is 5.95. The highest BCUT2D eigenvalue weighted by atomic mass is 16.3. The Kier molecular flexibility index (Phi) is 4.29. The van der Waals surface area contributed by atoms with Crippen molar-refractivity contribution < 1.29 is 9.90 Å². The maximum absolute atomic E-state index is 11.9. The van der Waals surface area contributed by atoms with Gasteiger partial charge < -0.3 is 10.4 Å². The summed E-state index contributed by atoms with van der Waals surface area (Å²) in [5, 5.41) is 12.0. The monoisotopic (exact) mass is 235 g/mol. The first-order chi connectivity index (χ1) is 7.86. The number of carbonyl (C=O) groups is 1. The van der Waals surface area contributed by atoms with Crippen molar-refractivity contribution in [2.24, 2.45) is 5.41 Å². The van der Waals surface area contributed by atoms with Crippen LogP contribution in [0.5, 0.6) is 0 Å². The van der Waals surface area contributed by atoms with Crippen LogP contribution in [0.3, 0.4) is 0 Å². The van der Waals surface area contributed by atoms with Crippen molar-refractivity contribution >= 4 is 11.6 Å². The van der Waals surface area contributed by atoms with Crippen molar-refractivity contribution in [3.05, 3.63) is 29.3 Å². The molecular weight excluding hydrogens is 214 g/mol. The second kappa shape index (κ2) is 5.32. The van der Waals surface area contributed by atoms with Crippen LogP contribution < -0.4 is 5.32 Å². The van der Waals surface area contributed by atoms with Crippen LogP contribution in [0, 0.1) is 12.3 Å². The average molecular weight is 235 g/mol. The average Bonchev–Trinajstić information content (AvgIpc) is 2.21. The minimum Gasteiger partial charge on any atom is -0.396 e. The van der Waals surface area contributed by atoms with Crippen LogP contribution in [-0.2, 0) is 11.2 Å². The zero-order chi connectivity index (χ0) is 13.1. The molecule has 0 aliphatic rings. The number of rotatable bonds is 3. The van der Waals surface area contributed by atoms with E-state index in [4.69, 9.17) is 5.11 Å². The van der Waals surface area contributed by atoms with Gasteiger partial charge in [0.15, 0.2) is 0 Å². The molecule has 0 unspecified atom stereocenters. The number of nitrogens with one attached hydrogen (secondary N) is 1. The number of aryl methyl sites for hydroxylation is 1. The van der Waals surface area contributed by atoms with E-state index in [-0.39, 0.29) is 12.5 Å². The second-order valence-electron chi connectivity index (χ2n) is 5.28. The van der Waals surface area contributed by atoms with Gasteiger partial charge in [0, 0.05) is 17.7 Å². The van der Waals surface area contributed by atoms with Gasteiger partial charge in [-0.25, -0.2) is 0 Å². The van der Waals surface area contributed by atoms with Gasteiger partial charge in [-0.1, -0.05) is 32.9 Å². The Hall–Kier alpha value is -1.35. The van der Waals surface area contributed by atoms with Crippen LogP contribution in [0.2, 0.25) is 0 Å². The molecule has 0 aliphatic heterocycles. The van der Waals surface area contributed by atoms with Crippen LogP contribution in [-0.4, -0.2) is 17.6 Å². The molecule has 3 nitrogen and oxygen atoms in total. The molecule has 3 heteroatoms. The molecule has 0 saturated carbocycles. The lowest BCUT2D eigenvalue weighted by Crippen LogP contribution is -2.28. The Bertz CT molecular complexity index is 405. The van der Waals surface area contributed by atoms with E-state index in [0.717, 1.165) is 16.8 Å². The Balaban J connectivity index is 2.98. The molecule has 0 atom stereocenters. The minimum absolute atomic E-state index is 0.0118. The molecule has 0 heterocycles. The molecule has 0 fully saturated rings. The Labute approximate surface area is 103 Å². The standard InChI is InChI=1S/C14H21NO2/c1-10-6-5-7-12(11(10)8-9-16)15-13(17)14(2,3)4/h5-7,16H,8-9H2,1-4H3,(H,15,17). The van der Waals surface area contributed by atoms with Crippen molar-refractivity contribution in [3.63, 3.8) is 0 Å². The largest absolute Gasteiger partial charge is 0.396 e. The fraction of sp³-hybridized carbons (Fsp3) is 0.500. The summed E-state index contributed by atoms with van der Waals surface area (Å²) >= 11 is 0. The van der Waals surface area contributed by atoms with Gasteiger partial charge in [-0.15, -0.1) is 0 Å². The van der Waals surface area contributed by atoms with E-state index >= 15 is 0 Å². The third-order valence-electron chi connectivity index (χ3n) is 2.70. The summed E-state index contributed by atoms with van der Waals surface area (Å²) in [4.78, 5) is 11.9. The SMILES string of the molecule is Cc1cccc(NC(=O)C(C)(C)C)c1CCO. The summed E-state index contributed by atoms with van der Waals surface area (Å²) in [6.07, 6.45) is 0.562. The summed E-state index contributed by atoms with van der Waals surface area (Å²) in [6, 6.07) is 5.77. The Morgan fingerprint density at radius 3 is 2.53 bits per heavy atom. The number of aliphatic hydroxyl groups is 1. The lowest BCUT2D eigenvalue weighted by molar-refractivity contribution is -0.123. The van der Waals surface area contributed by atoms with Crippen molar-refractivity contribution in [3.8, 4) is 0 Å². The van der Waals surface area contributed by atoms with Gasteiger partial charge in [0.05, 0.1) is 0 Å². The highest BCUT2D eigenvalue weighted by Crippen LogP contribution is 2.23.